The van der Waals surface area contributed by atoms with E-state index in [1.807, 2.05) is 18.2 Å². The Bertz CT molecular complexity index is 388. The van der Waals surface area contributed by atoms with Crippen molar-refractivity contribution in [3.63, 3.8) is 0 Å². The van der Waals surface area contributed by atoms with Crippen molar-refractivity contribution in [2.75, 3.05) is 6.54 Å². The van der Waals surface area contributed by atoms with Crippen molar-refractivity contribution < 1.29 is 9.90 Å². The Morgan fingerprint density at radius 3 is 2.65 bits per heavy atom. The van der Waals surface area contributed by atoms with Gasteiger partial charge in [-0.2, -0.15) is 5.10 Å². The molecule has 1 rings (SSSR count). The van der Waals surface area contributed by atoms with E-state index in [1.165, 1.54) is 12.5 Å². The highest BCUT2D eigenvalue weighted by molar-refractivity contribution is 6.34. The minimum Gasteiger partial charge on any atom is -0.477 e. The second-order valence-corrected chi connectivity index (χ2v) is 4.16. The fraction of sp³-hybridized carbons (Fsp3) is 0.385. The van der Waals surface area contributed by atoms with Crippen LogP contribution in [-0.4, -0.2) is 23.3 Å². The van der Waals surface area contributed by atoms with Crippen LogP contribution in [0.4, 0.5) is 0 Å². The summed E-state index contributed by atoms with van der Waals surface area (Å²) in [5.41, 5.74) is 4.15. The van der Waals surface area contributed by atoms with E-state index in [1.54, 1.807) is 0 Å². The first kappa shape index (κ1) is 13.2. The summed E-state index contributed by atoms with van der Waals surface area (Å²) < 4.78 is 0. The molecule has 0 saturated carbocycles. The molecule has 1 atom stereocenters. The van der Waals surface area contributed by atoms with Crippen molar-refractivity contribution in [2.45, 2.75) is 20.3 Å². The van der Waals surface area contributed by atoms with Crippen molar-refractivity contribution in [2.24, 2.45) is 11.0 Å². The van der Waals surface area contributed by atoms with Crippen molar-refractivity contribution in [1.29, 1.82) is 0 Å². The Kier molecular flexibility index (Phi) is 5.20. The van der Waals surface area contributed by atoms with Gasteiger partial charge in [0.05, 0.1) is 0 Å². The van der Waals surface area contributed by atoms with Crippen LogP contribution in [-0.2, 0) is 11.2 Å². The van der Waals surface area contributed by atoms with Gasteiger partial charge in [-0.3, -0.25) is 0 Å². The molecule has 4 nitrogen and oxygen atoms in total. The van der Waals surface area contributed by atoms with E-state index in [0.717, 1.165) is 6.42 Å². The topological polar surface area (TPSA) is 61.7 Å². The Morgan fingerprint density at radius 2 is 2.06 bits per heavy atom. The predicted octanol–water partition coefficient (Wildman–Crippen LogP) is 1.92. The molecule has 0 unspecified atom stereocenters. The number of nitrogens with zero attached hydrogens (tertiary/aromatic N) is 1. The third-order valence-electron chi connectivity index (χ3n) is 2.42. The van der Waals surface area contributed by atoms with Gasteiger partial charge in [-0.25, -0.2) is 4.79 Å². The zero-order valence-corrected chi connectivity index (χ0v) is 10.2. The Hall–Kier alpha value is -1.84. The number of rotatable bonds is 6. The summed E-state index contributed by atoms with van der Waals surface area (Å²) in [6, 6.07) is 10.2. The first-order valence-corrected chi connectivity index (χ1v) is 5.64. The highest BCUT2D eigenvalue weighted by Gasteiger charge is 2.04. The summed E-state index contributed by atoms with van der Waals surface area (Å²) in [5, 5.41) is 12.4. The van der Waals surface area contributed by atoms with Crippen molar-refractivity contribution in [3.05, 3.63) is 35.9 Å². The number of carboxylic acids is 1. The summed E-state index contributed by atoms with van der Waals surface area (Å²) in [6.07, 6.45) is 0.954. The molecule has 1 aromatic rings. The van der Waals surface area contributed by atoms with Crippen LogP contribution in [0.1, 0.15) is 19.4 Å². The van der Waals surface area contributed by atoms with Crippen molar-refractivity contribution in [1.82, 2.24) is 5.43 Å². The van der Waals surface area contributed by atoms with E-state index in [9.17, 15) is 4.79 Å². The van der Waals surface area contributed by atoms with Gasteiger partial charge in [-0.1, -0.05) is 37.3 Å². The van der Waals surface area contributed by atoms with Crippen LogP contribution in [0.3, 0.4) is 0 Å². The first-order valence-electron chi connectivity index (χ1n) is 5.64. The highest BCUT2D eigenvalue weighted by Crippen LogP contribution is 2.06. The minimum atomic E-state index is -0.992. The molecule has 0 spiro atoms. The maximum Gasteiger partial charge on any atom is 0.351 e. The lowest BCUT2D eigenvalue weighted by molar-refractivity contribution is -0.129. The van der Waals surface area contributed by atoms with E-state index in [2.05, 4.69) is 29.6 Å². The van der Waals surface area contributed by atoms with E-state index in [4.69, 9.17) is 5.11 Å². The highest BCUT2D eigenvalue weighted by atomic mass is 16.4. The van der Waals surface area contributed by atoms with Crippen molar-refractivity contribution >= 4 is 11.7 Å². The van der Waals surface area contributed by atoms with Gasteiger partial charge in [0.25, 0.3) is 0 Å². The monoisotopic (exact) mass is 234 g/mol. The van der Waals surface area contributed by atoms with Gasteiger partial charge in [-0.15, -0.1) is 0 Å². The summed E-state index contributed by atoms with van der Waals surface area (Å²) in [4.78, 5) is 10.5. The minimum absolute atomic E-state index is 0.0805. The van der Waals surface area contributed by atoms with E-state index in [0.29, 0.717) is 12.5 Å². The van der Waals surface area contributed by atoms with Crippen LogP contribution in [0.5, 0.6) is 0 Å². The molecular formula is C13H18N2O2. The molecule has 0 aliphatic carbocycles. The second-order valence-electron chi connectivity index (χ2n) is 4.16. The molecule has 0 aliphatic heterocycles. The summed E-state index contributed by atoms with van der Waals surface area (Å²) >= 11 is 0. The Labute approximate surface area is 101 Å². The van der Waals surface area contributed by atoms with Gasteiger partial charge in [0, 0.05) is 6.54 Å². The van der Waals surface area contributed by atoms with Crippen molar-refractivity contribution in [3.8, 4) is 0 Å². The number of hydrogen-bond donors (Lipinski definition) is 2. The molecule has 0 amide bonds. The smallest absolute Gasteiger partial charge is 0.351 e. The number of carbonyl (C=O) groups is 1. The average Bonchev–Trinajstić information content (AvgIpc) is 2.30. The van der Waals surface area contributed by atoms with Gasteiger partial charge >= 0.3 is 5.97 Å². The maximum atomic E-state index is 10.5. The number of aliphatic carboxylic acids is 1. The Balaban J connectivity index is 2.34. The quantitative estimate of drug-likeness (QED) is 0.584. The number of nitrogens with one attached hydrogen (secondary N) is 1. The molecule has 92 valence electrons. The molecule has 0 aromatic heterocycles. The first-order chi connectivity index (χ1) is 8.09. The number of benzene rings is 1. The van der Waals surface area contributed by atoms with Crippen LogP contribution in [0, 0.1) is 5.92 Å². The van der Waals surface area contributed by atoms with Crippen LogP contribution in [0.15, 0.2) is 35.4 Å². The summed E-state index contributed by atoms with van der Waals surface area (Å²) in [7, 11) is 0. The third kappa shape index (κ3) is 5.15. The molecule has 2 N–H and O–H groups in total. The van der Waals surface area contributed by atoms with Gasteiger partial charge in [0.15, 0.2) is 0 Å². The SMILES string of the molecule is C/C(=N/NC[C@@H](C)Cc1ccccc1)C(=O)O. The van der Waals surface area contributed by atoms with E-state index in [-0.39, 0.29) is 5.71 Å². The van der Waals surface area contributed by atoms with Gasteiger partial charge < -0.3 is 10.5 Å². The molecule has 1 aromatic carbocycles. The molecule has 0 saturated heterocycles. The predicted molar refractivity (Wildman–Crippen MR) is 68.1 cm³/mol. The summed E-state index contributed by atoms with van der Waals surface area (Å²) in [6.45, 7) is 4.24. The normalized spacial score (nSPS) is 13.2. The number of hydrazone groups is 1. The molecule has 0 fully saturated rings. The van der Waals surface area contributed by atoms with Crippen LogP contribution < -0.4 is 5.43 Å². The Morgan fingerprint density at radius 1 is 1.41 bits per heavy atom. The molecule has 0 aliphatic rings. The van der Waals surface area contributed by atoms with Crippen LogP contribution in [0.2, 0.25) is 0 Å². The van der Waals surface area contributed by atoms with Gasteiger partial charge in [0.2, 0.25) is 0 Å². The molecule has 0 bridgehead atoms. The zero-order chi connectivity index (χ0) is 12.7. The van der Waals surface area contributed by atoms with Gasteiger partial charge in [0.1, 0.15) is 5.71 Å². The fourth-order valence-electron chi connectivity index (χ4n) is 1.46. The van der Waals surface area contributed by atoms with Crippen LogP contribution >= 0.6 is 0 Å². The largest absolute Gasteiger partial charge is 0.477 e. The lowest BCUT2D eigenvalue weighted by atomic mass is 10.0. The molecule has 4 heteroatoms. The molecular weight excluding hydrogens is 216 g/mol. The van der Waals surface area contributed by atoms with E-state index >= 15 is 0 Å². The maximum absolute atomic E-state index is 10.5. The number of carboxylic acid groups (broad SMARTS) is 1. The third-order valence-corrected chi connectivity index (χ3v) is 2.42. The lowest BCUT2D eigenvalue weighted by Crippen LogP contribution is -2.21. The molecule has 0 heterocycles. The van der Waals surface area contributed by atoms with Crippen LogP contribution in [0.25, 0.3) is 0 Å². The zero-order valence-electron chi connectivity index (χ0n) is 10.2. The molecule has 17 heavy (non-hydrogen) atoms. The lowest BCUT2D eigenvalue weighted by Gasteiger charge is -2.10. The number of hydrogen-bond acceptors (Lipinski definition) is 3. The average molecular weight is 234 g/mol. The van der Waals surface area contributed by atoms with E-state index < -0.39 is 5.97 Å². The standard InChI is InChI=1S/C13H18N2O2/c1-10(8-12-6-4-3-5-7-12)9-14-15-11(2)13(16)17/h3-7,10,14H,8-9H2,1-2H3,(H,16,17)/b15-11-/t10-/m0/s1. The molecule has 0 radical (unpaired) electrons. The van der Waals surface area contributed by atoms with Gasteiger partial charge in [-0.05, 0) is 24.8 Å². The fourth-order valence-corrected chi connectivity index (χ4v) is 1.46. The second kappa shape index (κ2) is 6.68. The summed E-state index contributed by atoms with van der Waals surface area (Å²) in [5.74, 6) is -0.587.